The Bertz CT molecular complexity index is 1310. The van der Waals surface area contributed by atoms with E-state index >= 15 is 0 Å². The Morgan fingerprint density at radius 2 is 1.82 bits per heavy atom. The van der Waals surface area contributed by atoms with Gasteiger partial charge >= 0.3 is 0 Å². The number of ether oxygens (including phenoxy) is 1. The SMILES string of the molecule is O=C(COc1ccc(/C=C2/SC(=Nc3cccc(Cl)c3Cl)NC2=O)cc1Cl)Nc1ccccc1. The van der Waals surface area contributed by atoms with Crippen LogP contribution in [0.4, 0.5) is 11.4 Å². The van der Waals surface area contributed by atoms with Crippen LogP contribution in [0.15, 0.2) is 76.6 Å². The number of aliphatic imine (C=N–C) groups is 1. The predicted octanol–water partition coefficient (Wildman–Crippen LogP) is 6.56. The largest absolute Gasteiger partial charge is 0.482 e. The third-order valence-electron chi connectivity index (χ3n) is 4.47. The van der Waals surface area contributed by atoms with Gasteiger partial charge in [-0.1, -0.05) is 65.1 Å². The fourth-order valence-corrected chi connectivity index (χ4v) is 4.32. The molecule has 6 nitrogen and oxygen atoms in total. The van der Waals surface area contributed by atoms with E-state index in [2.05, 4.69) is 15.6 Å². The smallest absolute Gasteiger partial charge is 0.264 e. The Morgan fingerprint density at radius 3 is 2.59 bits per heavy atom. The molecule has 0 saturated carbocycles. The average Bonchev–Trinajstić information content (AvgIpc) is 3.15. The highest BCUT2D eigenvalue weighted by Gasteiger charge is 2.24. The molecule has 1 aliphatic rings. The van der Waals surface area contributed by atoms with Gasteiger partial charge in [0.05, 0.1) is 25.7 Å². The lowest BCUT2D eigenvalue weighted by Crippen LogP contribution is -2.20. The third kappa shape index (κ3) is 6.12. The van der Waals surface area contributed by atoms with Crippen molar-refractivity contribution in [2.45, 2.75) is 0 Å². The molecule has 2 N–H and O–H groups in total. The maximum absolute atomic E-state index is 12.4. The van der Waals surface area contributed by atoms with Gasteiger partial charge in [-0.3, -0.25) is 9.59 Å². The minimum Gasteiger partial charge on any atom is -0.482 e. The number of para-hydroxylation sites is 1. The van der Waals surface area contributed by atoms with Crippen molar-refractivity contribution >= 4 is 81.0 Å². The first-order valence-electron chi connectivity index (χ1n) is 9.90. The van der Waals surface area contributed by atoms with Crippen molar-refractivity contribution in [3.05, 3.63) is 92.3 Å². The molecule has 1 aliphatic heterocycles. The second-order valence-corrected chi connectivity index (χ2v) is 9.17. The van der Waals surface area contributed by atoms with Crippen LogP contribution in [0.2, 0.25) is 15.1 Å². The van der Waals surface area contributed by atoms with Crippen LogP contribution in [-0.2, 0) is 9.59 Å². The Morgan fingerprint density at radius 1 is 1.03 bits per heavy atom. The minimum absolute atomic E-state index is 0.195. The van der Waals surface area contributed by atoms with Gasteiger partial charge in [0.2, 0.25) is 0 Å². The third-order valence-corrected chi connectivity index (χ3v) is 6.49. The molecular weight excluding hydrogens is 517 g/mol. The number of nitrogens with one attached hydrogen (secondary N) is 2. The normalized spacial score (nSPS) is 15.4. The Kier molecular flexibility index (Phi) is 7.80. The zero-order chi connectivity index (χ0) is 24.1. The van der Waals surface area contributed by atoms with E-state index in [4.69, 9.17) is 39.5 Å². The summed E-state index contributed by atoms with van der Waals surface area (Å²) >= 11 is 19.7. The number of halogens is 3. The van der Waals surface area contributed by atoms with E-state index in [1.165, 1.54) is 11.8 Å². The van der Waals surface area contributed by atoms with Crippen LogP contribution in [0.5, 0.6) is 5.75 Å². The summed E-state index contributed by atoms with van der Waals surface area (Å²) in [6.07, 6.45) is 1.68. The molecule has 2 amide bonds. The molecule has 1 saturated heterocycles. The van der Waals surface area contributed by atoms with E-state index in [-0.39, 0.29) is 18.4 Å². The number of carbonyl (C=O) groups is 2. The molecule has 0 atom stereocenters. The van der Waals surface area contributed by atoms with Crippen molar-refractivity contribution in [2.75, 3.05) is 11.9 Å². The topological polar surface area (TPSA) is 79.8 Å². The predicted molar refractivity (Wildman–Crippen MR) is 139 cm³/mol. The van der Waals surface area contributed by atoms with Crippen LogP contribution in [0.3, 0.4) is 0 Å². The van der Waals surface area contributed by atoms with E-state index in [0.717, 1.165) is 0 Å². The molecule has 0 aromatic heterocycles. The maximum Gasteiger partial charge on any atom is 0.264 e. The van der Waals surface area contributed by atoms with E-state index < -0.39 is 0 Å². The number of amides is 2. The van der Waals surface area contributed by atoms with E-state index in [1.807, 2.05) is 18.2 Å². The molecule has 3 aromatic carbocycles. The number of rotatable bonds is 6. The summed E-state index contributed by atoms with van der Waals surface area (Å²) in [6, 6.07) is 19.2. The van der Waals surface area contributed by atoms with Crippen LogP contribution in [-0.4, -0.2) is 23.6 Å². The molecule has 0 radical (unpaired) electrons. The summed E-state index contributed by atoms with van der Waals surface area (Å²) in [6.45, 7) is -0.195. The second kappa shape index (κ2) is 11.0. The first-order chi connectivity index (χ1) is 16.4. The van der Waals surface area contributed by atoms with Gasteiger partial charge in [0.1, 0.15) is 5.75 Å². The summed E-state index contributed by atoms with van der Waals surface area (Å²) in [7, 11) is 0. The van der Waals surface area contributed by atoms with Gasteiger partial charge in [-0.05, 0) is 59.8 Å². The van der Waals surface area contributed by atoms with Gasteiger partial charge in [0.15, 0.2) is 11.8 Å². The zero-order valence-corrected chi connectivity index (χ0v) is 20.4. The molecule has 0 bridgehead atoms. The fraction of sp³-hybridized carbons (Fsp3) is 0.0417. The zero-order valence-electron chi connectivity index (χ0n) is 17.3. The van der Waals surface area contributed by atoms with E-state index in [9.17, 15) is 9.59 Å². The fourth-order valence-electron chi connectivity index (χ4n) is 2.91. The number of hydrogen-bond acceptors (Lipinski definition) is 5. The van der Waals surface area contributed by atoms with Crippen LogP contribution in [0.1, 0.15) is 5.56 Å². The van der Waals surface area contributed by atoms with Crippen molar-refractivity contribution in [1.29, 1.82) is 0 Å². The maximum atomic E-state index is 12.4. The molecule has 10 heteroatoms. The number of carbonyl (C=O) groups excluding carboxylic acids is 2. The summed E-state index contributed by atoms with van der Waals surface area (Å²) < 4.78 is 5.53. The average molecular weight is 533 g/mol. The standard InChI is InChI=1S/C24H16Cl3N3O3S/c25-16-7-4-8-18(22(16)27)29-24-30-23(32)20(34-24)12-14-9-10-19(17(26)11-14)33-13-21(31)28-15-5-2-1-3-6-15/h1-12H,13H2,(H,28,31)(H,29,30,32)/b20-12+. The van der Waals surface area contributed by atoms with Crippen molar-refractivity contribution in [2.24, 2.45) is 4.99 Å². The summed E-state index contributed by atoms with van der Waals surface area (Å²) in [5, 5.41) is 6.82. The van der Waals surface area contributed by atoms with Crippen molar-refractivity contribution in [1.82, 2.24) is 5.32 Å². The molecule has 34 heavy (non-hydrogen) atoms. The van der Waals surface area contributed by atoms with E-state index in [0.29, 0.717) is 47.8 Å². The molecule has 0 spiro atoms. The quantitative estimate of drug-likeness (QED) is 0.353. The highest BCUT2D eigenvalue weighted by atomic mass is 35.5. The number of nitrogens with zero attached hydrogens (tertiary/aromatic N) is 1. The van der Waals surface area contributed by atoms with Crippen LogP contribution < -0.4 is 15.4 Å². The number of thioether (sulfide) groups is 1. The van der Waals surface area contributed by atoms with Crippen LogP contribution in [0, 0.1) is 0 Å². The second-order valence-electron chi connectivity index (χ2n) is 6.95. The number of hydrogen-bond donors (Lipinski definition) is 2. The molecule has 172 valence electrons. The lowest BCUT2D eigenvalue weighted by atomic mass is 10.2. The van der Waals surface area contributed by atoms with Gasteiger partial charge in [0.25, 0.3) is 11.8 Å². The molecule has 3 aromatic rings. The van der Waals surface area contributed by atoms with Crippen molar-refractivity contribution < 1.29 is 14.3 Å². The van der Waals surface area contributed by atoms with Gasteiger partial charge in [0, 0.05) is 5.69 Å². The molecule has 4 rings (SSSR count). The lowest BCUT2D eigenvalue weighted by molar-refractivity contribution is -0.118. The van der Waals surface area contributed by atoms with E-state index in [1.54, 1.807) is 54.6 Å². The van der Waals surface area contributed by atoms with Gasteiger partial charge in [-0.25, -0.2) is 4.99 Å². The first-order valence-corrected chi connectivity index (χ1v) is 11.8. The van der Waals surface area contributed by atoms with Crippen LogP contribution in [0.25, 0.3) is 6.08 Å². The molecular formula is C24H16Cl3N3O3S. The van der Waals surface area contributed by atoms with Crippen molar-refractivity contribution in [3.8, 4) is 5.75 Å². The number of amidine groups is 1. The first kappa shape index (κ1) is 24.2. The number of anilines is 1. The molecule has 0 unspecified atom stereocenters. The van der Waals surface area contributed by atoms with Gasteiger partial charge in [-0.2, -0.15) is 0 Å². The summed E-state index contributed by atoms with van der Waals surface area (Å²) in [5.41, 5.74) is 1.82. The lowest BCUT2D eigenvalue weighted by Gasteiger charge is -2.09. The summed E-state index contributed by atoms with van der Waals surface area (Å²) in [4.78, 5) is 29.2. The van der Waals surface area contributed by atoms with Gasteiger partial charge < -0.3 is 15.4 Å². The van der Waals surface area contributed by atoms with Gasteiger partial charge in [-0.15, -0.1) is 0 Å². The van der Waals surface area contributed by atoms with Crippen LogP contribution >= 0.6 is 46.6 Å². The Hall–Kier alpha value is -2.97. The molecule has 1 fully saturated rings. The highest BCUT2D eigenvalue weighted by Crippen LogP contribution is 2.35. The summed E-state index contributed by atoms with van der Waals surface area (Å²) in [5.74, 6) is -0.247. The number of benzene rings is 3. The highest BCUT2D eigenvalue weighted by molar-refractivity contribution is 8.18. The van der Waals surface area contributed by atoms with Crippen molar-refractivity contribution in [3.63, 3.8) is 0 Å². The molecule has 0 aliphatic carbocycles. The minimum atomic E-state index is -0.306. The Labute approximate surface area is 215 Å². The monoisotopic (exact) mass is 531 g/mol. The Balaban J connectivity index is 1.41. The molecule has 1 heterocycles.